The summed E-state index contributed by atoms with van der Waals surface area (Å²) in [5, 5.41) is 12.1. The molecule has 3 aromatic rings. The van der Waals surface area contributed by atoms with E-state index in [1.54, 1.807) is 12.1 Å². The topological polar surface area (TPSA) is 69.0 Å². The van der Waals surface area contributed by atoms with Gasteiger partial charge in [-0.25, -0.2) is 4.39 Å². The monoisotopic (exact) mass is 468 g/mol. The highest BCUT2D eigenvalue weighted by Gasteiger charge is 2.25. The number of carbonyl (C=O) groups is 1. The lowest BCUT2D eigenvalue weighted by Gasteiger charge is -2.18. The molecule has 0 aliphatic carbocycles. The molecule has 6 nitrogen and oxygen atoms in total. The number of rotatable bonds is 8. The molecule has 1 fully saturated rings. The van der Waals surface area contributed by atoms with Gasteiger partial charge in [0.15, 0.2) is 11.0 Å². The average Bonchev–Trinajstić information content (AvgIpc) is 3.45. The number of hydrogen-bond acceptors (Lipinski definition) is 5. The summed E-state index contributed by atoms with van der Waals surface area (Å²) in [6.07, 6.45) is 2.06. The van der Waals surface area contributed by atoms with Gasteiger partial charge in [-0.3, -0.25) is 9.36 Å². The van der Waals surface area contributed by atoms with Crippen LogP contribution >= 0.6 is 11.8 Å². The number of nitrogens with zero attached hydrogens (tertiary/aromatic N) is 3. The molecule has 0 radical (unpaired) electrons. The van der Waals surface area contributed by atoms with Crippen LogP contribution in [0.25, 0.3) is 11.4 Å². The van der Waals surface area contributed by atoms with E-state index in [2.05, 4.69) is 29.4 Å². The zero-order chi connectivity index (χ0) is 23.4. The summed E-state index contributed by atoms with van der Waals surface area (Å²) in [6, 6.07) is 14.1. The van der Waals surface area contributed by atoms with Gasteiger partial charge in [0.05, 0.1) is 17.9 Å². The van der Waals surface area contributed by atoms with Crippen LogP contribution in [0.3, 0.4) is 0 Å². The first-order valence-electron chi connectivity index (χ1n) is 11.3. The molecule has 33 heavy (non-hydrogen) atoms. The van der Waals surface area contributed by atoms with Crippen molar-refractivity contribution in [2.24, 2.45) is 0 Å². The van der Waals surface area contributed by atoms with Gasteiger partial charge in [0.25, 0.3) is 0 Å². The fraction of sp³-hybridized carbons (Fsp3) is 0.400. The Bertz CT molecular complexity index is 1090. The Morgan fingerprint density at radius 3 is 2.64 bits per heavy atom. The Balaban J connectivity index is 1.55. The number of nitrogens with one attached hydrogen (secondary N) is 1. The zero-order valence-corrected chi connectivity index (χ0v) is 19.9. The van der Waals surface area contributed by atoms with Gasteiger partial charge in [-0.1, -0.05) is 43.8 Å². The van der Waals surface area contributed by atoms with Gasteiger partial charge < -0.3 is 10.1 Å². The van der Waals surface area contributed by atoms with E-state index < -0.39 is 5.25 Å². The van der Waals surface area contributed by atoms with Gasteiger partial charge in [0.1, 0.15) is 5.82 Å². The van der Waals surface area contributed by atoms with E-state index in [0.29, 0.717) is 23.4 Å². The maximum Gasteiger partial charge on any atom is 0.237 e. The molecule has 0 saturated carbocycles. The number of amides is 1. The van der Waals surface area contributed by atoms with Gasteiger partial charge in [-0.2, -0.15) is 0 Å². The van der Waals surface area contributed by atoms with Crippen molar-refractivity contribution in [1.29, 1.82) is 0 Å². The fourth-order valence-electron chi connectivity index (χ4n) is 3.91. The normalized spacial score (nSPS) is 16.8. The van der Waals surface area contributed by atoms with Crippen molar-refractivity contribution in [2.45, 2.75) is 62.6 Å². The van der Waals surface area contributed by atoms with Gasteiger partial charge in [0.2, 0.25) is 5.91 Å². The first-order chi connectivity index (χ1) is 15.9. The van der Waals surface area contributed by atoms with Crippen LogP contribution in [-0.4, -0.2) is 38.6 Å². The van der Waals surface area contributed by atoms with E-state index in [-0.39, 0.29) is 17.8 Å². The molecule has 1 saturated heterocycles. The Kier molecular flexibility index (Phi) is 7.45. The summed E-state index contributed by atoms with van der Waals surface area (Å²) in [6.45, 7) is 7.41. The lowest BCUT2D eigenvalue weighted by Crippen LogP contribution is -2.24. The van der Waals surface area contributed by atoms with Crippen molar-refractivity contribution in [2.75, 3.05) is 11.9 Å². The number of carbonyl (C=O) groups excluding carboxylic acids is 1. The second-order valence-corrected chi connectivity index (χ2v) is 9.86. The minimum absolute atomic E-state index is 0.0709. The molecule has 2 unspecified atom stereocenters. The number of para-hydroxylation sites is 1. The van der Waals surface area contributed by atoms with Crippen molar-refractivity contribution in [3.8, 4) is 11.4 Å². The highest BCUT2D eigenvalue weighted by Crippen LogP contribution is 2.30. The van der Waals surface area contributed by atoms with E-state index in [4.69, 9.17) is 4.74 Å². The largest absolute Gasteiger partial charge is 0.376 e. The molecule has 1 amide bonds. The van der Waals surface area contributed by atoms with Crippen LogP contribution < -0.4 is 5.32 Å². The predicted molar refractivity (Wildman–Crippen MR) is 129 cm³/mol. The van der Waals surface area contributed by atoms with Crippen molar-refractivity contribution in [3.05, 3.63) is 59.9 Å². The summed E-state index contributed by atoms with van der Waals surface area (Å²) >= 11 is 1.36. The van der Waals surface area contributed by atoms with Crippen LogP contribution in [0.4, 0.5) is 10.1 Å². The smallest absolute Gasteiger partial charge is 0.237 e. The molecule has 1 aliphatic rings. The van der Waals surface area contributed by atoms with Crippen LogP contribution in [0.5, 0.6) is 0 Å². The van der Waals surface area contributed by atoms with Crippen LogP contribution in [0, 0.1) is 5.82 Å². The molecule has 1 aliphatic heterocycles. The summed E-state index contributed by atoms with van der Waals surface area (Å²) in [7, 11) is 0. The van der Waals surface area contributed by atoms with Crippen molar-refractivity contribution in [1.82, 2.24) is 14.8 Å². The Morgan fingerprint density at radius 2 is 1.94 bits per heavy atom. The van der Waals surface area contributed by atoms with Crippen LogP contribution in [0.1, 0.15) is 45.1 Å². The number of aromatic nitrogens is 3. The summed E-state index contributed by atoms with van der Waals surface area (Å²) in [5.41, 5.74) is 2.71. The quantitative estimate of drug-likeness (QED) is 0.442. The molecule has 0 bridgehead atoms. The lowest BCUT2D eigenvalue weighted by molar-refractivity contribution is -0.115. The highest BCUT2D eigenvalue weighted by atomic mass is 32.2. The molecule has 0 spiro atoms. The molecule has 174 valence electrons. The first-order valence-corrected chi connectivity index (χ1v) is 12.2. The summed E-state index contributed by atoms with van der Waals surface area (Å²) in [5.74, 6) is 0.552. The third-order valence-corrected chi connectivity index (χ3v) is 6.80. The fourth-order valence-corrected chi connectivity index (χ4v) is 4.76. The second kappa shape index (κ2) is 10.5. The number of halogens is 1. The third kappa shape index (κ3) is 5.62. The average molecular weight is 469 g/mol. The number of benzene rings is 2. The van der Waals surface area contributed by atoms with Gasteiger partial charge in [-0.05, 0) is 61.6 Å². The van der Waals surface area contributed by atoms with Gasteiger partial charge in [0, 0.05) is 17.9 Å². The Morgan fingerprint density at radius 1 is 1.18 bits per heavy atom. The van der Waals surface area contributed by atoms with E-state index >= 15 is 0 Å². The van der Waals surface area contributed by atoms with E-state index in [0.717, 1.165) is 36.3 Å². The third-order valence-electron chi connectivity index (χ3n) is 5.72. The standard InChI is InChI=1S/C25H29FN4O2S/c1-16(2)21-8-4-5-9-22(21)27-24(31)17(3)33-25-29-28-23(18-10-12-19(26)13-11-18)30(25)15-20-7-6-14-32-20/h4-5,8-13,16-17,20H,6-7,14-15H2,1-3H3,(H,27,31). The van der Waals surface area contributed by atoms with Crippen molar-refractivity contribution in [3.63, 3.8) is 0 Å². The Labute approximate surface area is 197 Å². The maximum atomic E-state index is 13.4. The maximum absolute atomic E-state index is 13.4. The zero-order valence-electron chi connectivity index (χ0n) is 19.1. The predicted octanol–water partition coefficient (Wildman–Crippen LogP) is 5.51. The number of thioether (sulfide) groups is 1. The van der Waals surface area contributed by atoms with Gasteiger partial charge in [-0.15, -0.1) is 10.2 Å². The van der Waals surface area contributed by atoms with Crippen LogP contribution in [0.15, 0.2) is 53.7 Å². The molecule has 2 aromatic carbocycles. The van der Waals surface area contributed by atoms with E-state index in [9.17, 15) is 9.18 Å². The van der Waals surface area contributed by atoms with E-state index in [1.165, 1.54) is 23.9 Å². The van der Waals surface area contributed by atoms with Crippen molar-refractivity contribution >= 4 is 23.4 Å². The van der Waals surface area contributed by atoms with Crippen LogP contribution in [-0.2, 0) is 16.1 Å². The number of ether oxygens (including phenoxy) is 1. The molecule has 2 atom stereocenters. The number of hydrogen-bond donors (Lipinski definition) is 1. The highest BCUT2D eigenvalue weighted by molar-refractivity contribution is 8.00. The van der Waals surface area contributed by atoms with Crippen molar-refractivity contribution < 1.29 is 13.9 Å². The van der Waals surface area contributed by atoms with Gasteiger partial charge >= 0.3 is 0 Å². The lowest BCUT2D eigenvalue weighted by atomic mass is 10.0. The first kappa shape index (κ1) is 23.4. The molecular weight excluding hydrogens is 439 g/mol. The van der Waals surface area contributed by atoms with E-state index in [1.807, 2.05) is 35.8 Å². The Hall–Kier alpha value is -2.71. The second-order valence-electron chi connectivity index (χ2n) is 8.55. The van der Waals surface area contributed by atoms with Crippen LogP contribution in [0.2, 0.25) is 0 Å². The molecule has 8 heteroatoms. The minimum Gasteiger partial charge on any atom is -0.376 e. The summed E-state index contributed by atoms with van der Waals surface area (Å²) in [4.78, 5) is 13.0. The SMILES string of the molecule is CC(Sc1nnc(-c2ccc(F)cc2)n1CC1CCCO1)C(=O)Nc1ccccc1C(C)C. The molecule has 2 heterocycles. The number of anilines is 1. The molecule has 1 N–H and O–H groups in total. The molecular formula is C25H29FN4O2S. The molecule has 1 aromatic heterocycles. The minimum atomic E-state index is -0.390. The molecule has 4 rings (SSSR count). The summed E-state index contributed by atoms with van der Waals surface area (Å²) < 4.78 is 21.3.